The van der Waals surface area contributed by atoms with E-state index in [0.717, 1.165) is 35.2 Å². The molecule has 1 unspecified atom stereocenters. The van der Waals surface area contributed by atoms with Gasteiger partial charge in [0.15, 0.2) is 0 Å². The molecule has 3 nitrogen and oxygen atoms in total. The van der Waals surface area contributed by atoms with Gasteiger partial charge in [-0.2, -0.15) is 0 Å². The van der Waals surface area contributed by atoms with E-state index in [1.165, 1.54) is 0 Å². The van der Waals surface area contributed by atoms with E-state index in [0.29, 0.717) is 0 Å². The molecule has 1 aromatic carbocycles. The second-order valence-electron chi connectivity index (χ2n) is 4.91. The normalized spacial score (nSPS) is 23.7. The summed E-state index contributed by atoms with van der Waals surface area (Å²) in [5, 5.41) is 6.22. The van der Waals surface area contributed by atoms with Crippen LogP contribution in [0.4, 0.5) is 5.69 Å². The third-order valence-electron chi connectivity index (χ3n) is 3.33. The average Bonchev–Trinajstić information content (AvgIpc) is 2.72. The SMILES string of the molecule is Cc1cc(NC(=O)C2(C)CCNC2)ccc1Br. The van der Waals surface area contributed by atoms with Crippen LogP contribution in [-0.4, -0.2) is 19.0 Å². The maximum absolute atomic E-state index is 12.2. The summed E-state index contributed by atoms with van der Waals surface area (Å²) in [6.07, 6.45) is 0.897. The molecule has 1 aliphatic heterocycles. The first-order valence-corrected chi connectivity index (χ1v) is 6.59. The van der Waals surface area contributed by atoms with Crippen LogP contribution >= 0.6 is 15.9 Å². The second-order valence-corrected chi connectivity index (χ2v) is 5.76. The predicted molar refractivity (Wildman–Crippen MR) is 73.1 cm³/mol. The van der Waals surface area contributed by atoms with Gasteiger partial charge in [0, 0.05) is 16.7 Å². The third-order valence-corrected chi connectivity index (χ3v) is 4.22. The standard InChI is InChI=1S/C13H17BrN2O/c1-9-7-10(3-4-11(9)14)16-12(17)13(2)5-6-15-8-13/h3-4,7,15H,5-6,8H2,1-2H3,(H,16,17). The molecule has 0 bridgehead atoms. The number of hydrogen-bond acceptors (Lipinski definition) is 2. The molecule has 2 rings (SSSR count). The molecule has 1 fully saturated rings. The van der Waals surface area contributed by atoms with E-state index in [9.17, 15) is 4.79 Å². The summed E-state index contributed by atoms with van der Waals surface area (Å²) in [5.41, 5.74) is 1.71. The molecular weight excluding hydrogens is 280 g/mol. The van der Waals surface area contributed by atoms with Crippen molar-refractivity contribution in [3.05, 3.63) is 28.2 Å². The molecule has 0 spiro atoms. The molecule has 92 valence electrons. The number of aryl methyl sites for hydroxylation is 1. The van der Waals surface area contributed by atoms with E-state index in [2.05, 4.69) is 26.6 Å². The minimum atomic E-state index is -0.277. The summed E-state index contributed by atoms with van der Waals surface area (Å²) in [5.74, 6) is 0.101. The lowest BCUT2D eigenvalue weighted by atomic mass is 9.88. The lowest BCUT2D eigenvalue weighted by Crippen LogP contribution is -2.35. The molecule has 1 atom stereocenters. The maximum Gasteiger partial charge on any atom is 0.231 e. The predicted octanol–water partition coefficient (Wildman–Crippen LogP) is 2.70. The van der Waals surface area contributed by atoms with Crippen LogP contribution in [-0.2, 0) is 4.79 Å². The van der Waals surface area contributed by atoms with Crippen molar-refractivity contribution in [3.63, 3.8) is 0 Å². The summed E-state index contributed by atoms with van der Waals surface area (Å²) in [7, 11) is 0. The maximum atomic E-state index is 12.2. The summed E-state index contributed by atoms with van der Waals surface area (Å²) < 4.78 is 1.06. The Morgan fingerprint density at radius 3 is 2.88 bits per heavy atom. The van der Waals surface area contributed by atoms with Gasteiger partial charge in [-0.05, 0) is 50.6 Å². The fourth-order valence-corrected chi connectivity index (χ4v) is 2.26. The van der Waals surface area contributed by atoms with Gasteiger partial charge in [-0.1, -0.05) is 15.9 Å². The number of carbonyl (C=O) groups excluding carboxylic acids is 1. The number of benzene rings is 1. The van der Waals surface area contributed by atoms with Crippen LogP contribution in [0.15, 0.2) is 22.7 Å². The van der Waals surface area contributed by atoms with Crippen molar-refractivity contribution in [2.45, 2.75) is 20.3 Å². The van der Waals surface area contributed by atoms with Gasteiger partial charge in [0.05, 0.1) is 5.41 Å². The van der Waals surface area contributed by atoms with E-state index in [-0.39, 0.29) is 11.3 Å². The molecule has 0 radical (unpaired) electrons. The molecule has 1 aromatic rings. The molecular formula is C13H17BrN2O. The van der Waals surface area contributed by atoms with Gasteiger partial charge < -0.3 is 10.6 Å². The Morgan fingerprint density at radius 1 is 1.53 bits per heavy atom. The van der Waals surface area contributed by atoms with E-state index in [1.807, 2.05) is 32.0 Å². The summed E-state index contributed by atoms with van der Waals surface area (Å²) in [6, 6.07) is 5.86. The lowest BCUT2D eigenvalue weighted by molar-refractivity contribution is -0.123. The minimum absolute atomic E-state index is 0.101. The molecule has 1 aliphatic rings. The van der Waals surface area contributed by atoms with Crippen LogP contribution in [0.5, 0.6) is 0 Å². The highest BCUT2D eigenvalue weighted by atomic mass is 79.9. The van der Waals surface area contributed by atoms with Crippen molar-refractivity contribution in [3.8, 4) is 0 Å². The molecule has 17 heavy (non-hydrogen) atoms. The number of rotatable bonds is 2. The minimum Gasteiger partial charge on any atom is -0.326 e. The van der Waals surface area contributed by atoms with Gasteiger partial charge >= 0.3 is 0 Å². The first kappa shape index (κ1) is 12.6. The highest BCUT2D eigenvalue weighted by Crippen LogP contribution is 2.27. The Hall–Kier alpha value is -0.870. The number of nitrogens with one attached hydrogen (secondary N) is 2. The number of anilines is 1. The quantitative estimate of drug-likeness (QED) is 0.881. The number of hydrogen-bond donors (Lipinski definition) is 2. The fraction of sp³-hybridized carbons (Fsp3) is 0.462. The topological polar surface area (TPSA) is 41.1 Å². The molecule has 1 heterocycles. The summed E-state index contributed by atoms with van der Waals surface area (Å²) in [4.78, 5) is 12.2. The van der Waals surface area contributed by atoms with E-state index in [4.69, 9.17) is 0 Å². The van der Waals surface area contributed by atoms with Crippen LogP contribution in [0.3, 0.4) is 0 Å². The van der Waals surface area contributed by atoms with Crippen molar-refractivity contribution >= 4 is 27.5 Å². The van der Waals surface area contributed by atoms with Crippen molar-refractivity contribution < 1.29 is 4.79 Å². The molecule has 2 N–H and O–H groups in total. The van der Waals surface area contributed by atoms with Crippen LogP contribution in [0, 0.1) is 12.3 Å². The van der Waals surface area contributed by atoms with Crippen molar-refractivity contribution in [2.75, 3.05) is 18.4 Å². The van der Waals surface area contributed by atoms with Crippen molar-refractivity contribution in [2.24, 2.45) is 5.41 Å². The molecule has 0 aromatic heterocycles. The molecule has 0 aliphatic carbocycles. The Kier molecular flexibility index (Phi) is 3.54. The monoisotopic (exact) mass is 296 g/mol. The Labute approximate surface area is 110 Å². The van der Waals surface area contributed by atoms with E-state index >= 15 is 0 Å². The zero-order valence-electron chi connectivity index (χ0n) is 10.1. The Morgan fingerprint density at radius 2 is 2.29 bits per heavy atom. The van der Waals surface area contributed by atoms with Gasteiger partial charge in [0.1, 0.15) is 0 Å². The first-order chi connectivity index (χ1) is 8.01. The number of amides is 1. The number of carbonyl (C=O) groups is 1. The van der Waals surface area contributed by atoms with E-state index in [1.54, 1.807) is 0 Å². The van der Waals surface area contributed by atoms with Crippen LogP contribution in [0.25, 0.3) is 0 Å². The lowest BCUT2D eigenvalue weighted by Gasteiger charge is -2.21. The zero-order chi connectivity index (χ0) is 12.5. The fourth-order valence-electron chi connectivity index (χ4n) is 2.02. The zero-order valence-corrected chi connectivity index (χ0v) is 11.7. The average molecular weight is 297 g/mol. The van der Waals surface area contributed by atoms with Crippen molar-refractivity contribution in [1.82, 2.24) is 5.32 Å². The third kappa shape index (κ3) is 2.69. The van der Waals surface area contributed by atoms with Gasteiger partial charge in [-0.15, -0.1) is 0 Å². The summed E-state index contributed by atoms with van der Waals surface area (Å²) in [6.45, 7) is 5.70. The van der Waals surface area contributed by atoms with Gasteiger partial charge in [-0.3, -0.25) is 4.79 Å². The van der Waals surface area contributed by atoms with Crippen LogP contribution < -0.4 is 10.6 Å². The number of halogens is 1. The molecule has 4 heteroatoms. The molecule has 1 saturated heterocycles. The van der Waals surface area contributed by atoms with E-state index < -0.39 is 0 Å². The highest BCUT2D eigenvalue weighted by Gasteiger charge is 2.36. The first-order valence-electron chi connectivity index (χ1n) is 5.80. The van der Waals surface area contributed by atoms with Crippen LogP contribution in [0.1, 0.15) is 18.9 Å². The smallest absolute Gasteiger partial charge is 0.231 e. The summed E-state index contributed by atoms with van der Waals surface area (Å²) >= 11 is 3.45. The van der Waals surface area contributed by atoms with Gasteiger partial charge in [-0.25, -0.2) is 0 Å². The second kappa shape index (κ2) is 4.78. The van der Waals surface area contributed by atoms with Crippen molar-refractivity contribution in [1.29, 1.82) is 0 Å². The Bertz CT molecular complexity index is 439. The van der Waals surface area contributed by atoms with Gasteiger partial charge in [0.25, 0.3) is 0 Å². The Balaban J connectivity index is 2.10. The van der Waals surface area contributed by atoms with Gasteiger partial charge in [0.2, 0.25) is 5.91 Å². The molecule has 0 saturated carbocycles. The highest BCUT2D eigenvalue weighted by molar-refractivity contribution is 9.10. The van der Waals surface area contributed by atoms with Crippen LogP contribution in [0.2, 0.25) is 0 Å². The largest absolute Gasteiger partial charge is 0.326 e. The molecule has 1 amide bonds.